The molecule has 4 amide bonds. The van der Waals surface area contributed by atoms with Gasteiger partial charge < -0.3 is 15.4 Å². The zero-order valence-corrected chi connectivity index (χ0v) is 20.5. The van der Waals surface area contributed by atoms with Crippen LogP contribution in [0.2, 0.25) is 0 Å². The molecule has 1 aromatic heterocycles. The number of urea groups is 1. The number of hydrogen-bond acceptors (Lipinski definition) is 6. The van der Waals surface area contributed by atoms with Crippen LogP contribution in [0.3, 0.4) is 0 Å². The number of anilines is 1. The van der Waals surface area contributed by atoms with Gasteiger partial charge in [-0.3, -0.25) is 14.5 Å². The highest BCUT2D eigenvalue weighted by Crippen LogP contribution is 2.36. The Morgan fingerprint density at radius 2 is 1.78 bits per heavy atom. The van der Waals surface area contributed by atoms with Crippen molar-refractivity contribution in [1.82, 2.24) is 10.2 Å². The van der Waals surface area contributed by atoms with E-state index in [2.05, 4.69) is 10.6 Å². The van der Waals surface area contributed by atoms with Crippen LogP contribution >= 0.6 is 11.3 Å². The number of nitrogens with zero attached hydrogens (tertiary/aromatic N) is 1. The lowest BCUT2D eigenvalue weighted by molar-refractivity contribution is -0.134. The molecule has 3 aromatic rings. The Morgan fingerprint density at radius 3 is 2.42 bits per heavy atom. The molecular weight excluding hydrogens is 485 g/mol. The molecule has 1 saturated heterocycles. The Morgan fingerprint density at radius 1 is 1.08 bits per heavy atom. The predicted octanol–water partition coefficient (Wildman–Crippen LogP) is 4.53. The molecule has 8 nitrogen and oxygen atoms in total. The van der Waals surface area contributed by atoms with E-state index < -0.39 is 41.7 Å². The first kappa shape index (κ1) is 25.1. The normalized spacial score (nSPS) is 17.1. The summed E-state index contributed by atoms with van der Waals surface area (Å²) >= 11 is 1.18. The van der Waals surface area contributed by atoms with Gasteiger partial charge in [0.1, 0.15) is 22.9 Å². The molecule has 0 unspecified atom stereocenters. The Kier molecular flexibility index (Phi) is 7.16. The van der Waals surface area contributed by atoms with Gasteiger partial charge in [0.2, 0.25) is 5.91 Å². The van der Waals surface area contributed by atoms with Crippen LogP contribution in [0.1, 0.15) is 36.2 Å². The zero-order valence-electron chi connectivity index (χ0n) is 19.7. The maximum Gasteiger partial charge on any atom is 0.341 e. The molecule has 186 valence electrons. The van der Waals surface area contributed by atoms with Crippen LogP contribution in [-0.2, 0) is 19.9 Å². The standard InChI is InChI=1S/C26H24FN3O5S/c1-3-26(17-10-12-18(27)13-11-17)24(33)30(25(34)29-26)15-21(31)28-22-19(23(32)35-4-2)14-20(36-22)16-8-6-5-7-9-16/h5-14H,3-4,15H2,1-2H3,(H,28,31)(H,29,34)/t26-/m1/s1. The van der Waals surface area contributed by atoms with Crippen LogP contribution in [0.5, 0.6) is 0 Å². The van der Waals surface area contributed by atoms with E-state index in [1.165, 1.54) is 35.6 Å². The van der Waals surface area contributed by atoms with Gasteiger partial charge in [0.05, 0.1) is 12.2 Å². The summed E-state index contributed by atoms with van der Waals surface area (Å²) in [7, 11) is 0. The summed E-state index contributed by atoms with van der Waals surface area (Å²) in [5.41, 5.74) is 0.0584. The average Bonchev–Trinajstić information content (AvgIpc) is 3.40. The van der Waals surface area contributed by atoms with Crippen molar-refractivity contribution in [3.05, 3.63) is 77.6 Å². The first-order valence-electron chi connectivity index (χ1n) is 11.4. The summed E-state index contributed by atoms with van der Waals surface area (Å²) in [6.07, 6.45) is 0.208. The van der Waals surface area contributed by atoms with Crippen LogP contribution in [0, 0.1) is 5.82 Å². The second kappa shape index (κ2) is 10.3. The number of halogens is 1. The van der Waals surface area contributed by atoms with E-state index in [1.54, 1.807) is 19.9 Å². The molecular formula is C26H24FN3O5S. The van der Waals surface area contributed by atoms with Crippen LogP contribution in [0.15, 0.2) is 60.7 Å². The fourth-order valence-corrected chi connectivity index (χ4v) is 5.11. The highest BCUT2D eigenvalue weighted by Gasteiger charge is 2.51. The van der Waals surface area contributed by atoms with E-state index in [4.69, 9.17) is 4.74 Å². The second-order valence-electron chi connectivity index (χ2n) is 8.08. The van der Waals surface area contributed by atoms with Crippen molar-refractivity contribution in [2.75, 3.05) is 18.5 Å². The van der Waals surface area contributed by atoms with Crippen molar-refractivity contribution < 1.29 is 28.3 Å². The molecule has 0 aliphatic carbocycles. The molecule has 0 radical (unpaired) electrons. The first-order chi connectivity index (χ1) is 17.3. The van der Waals surface area contributed by atoms with Crippen LogP contribution in [0.25, 0.3) is 10.4 Å². The zero-order chi connectivity index (χ0) is 25.9. The van der Waals surface area contributed by atoms with Crippen molar-refractivity contribution >= 4 is 40.2 Å². The van der Waals surface area contributed by atoms with Gasteiger partial charge in [-0.2, -0.15) is 0 Å². The third-order valence-electron chi connectivity index (χ3n) is 5.88. The number of nitrogens with one attached hydrogen (secondary N) is 2. The summed E-state index contributed by atoms with van der Waals surface area (Å²) in [6, 6.07) is 15.5. The average molecular weight is 510 g/mol. The molecule has 2 heterocycles. The summed E-state index contributed by atoms with van der Waals surface area (Å²) < 4.78 is 18.5. The van der Waals surface area contributed by atoms with E-state index in [9.17, 15) is 23.6 Å². The molecule has 4 rings (SSSR count). The first-order valence-corrected chi connectivity index (χ1v) is 12.2. The predicted molar refractivity (Wildman–Crippen MR) is 133 cm³/mol. The number of hydrogen-bond donors (Lipinski definition) is 2. The third-order valence-corrected chi connectivity index (χ3v) is 6.98. The molecule has 36 heavy (non-hydrogen) atoms. The van der Waals surface area contributed by atoms with Gasteiger partial charge in [-0.1, -0.05) is 49.4 Å². The van der Waals surface area contributed by atoms with Gasteiger partial charge in [-0.15, -0.1) is 11.3 Å². The quantitative estimate of drug-likeness (QED) is 0.343. The van der Waals surface area contributed by atoms with Crippen LogP contribution in [0.4, 0.5) is 14.2 Å². The minimum atomic E-state index is -1.40. The van der Waals surface area contributed by atoms with E-state index >= 15 is 0 Å². The molecule has 2 N–H and O–H groups in total. The van der Waals surface area contributed by atoms with Crippen molar-refractivity contribution in [2.24, 2.45) is 0 Å². The minimum Gasteiger partial charge on any atom is -0.462 e. The van der Waals surface area contributed by atoms with Crippen LogP contribution in [-0.4, -0.2) is 41.9 Å². The Bertz CT molecular complexity index is 1310. The molecule has 1 aliphatic rings. The number of benzene rings is 2. The highest BCUT2D eigenvalue weighted by atomic mass is 32.1. The number of carbonyl (C=O) groups excluding carboxylic acids is 4. The van der Waals surface area contributed by atoms with E-state index in [0.717, 1.165) is 15.3 Å². The summed E-state index contributed by atoms with van der Waals surface area (Å²) in [5.74, 6) is -2.33. The van der Waals surface area contributed by atoms with Gasteiger partial charge >= 0.3 is 12.0 Å². The van der Waals surface area contributed by atoms with Crippen LogP contribution < -0.4 is 10.6 Å². The smallest absolute Gasteiger partial charge is 0.341 e. The number of rotatable bonds is 8. The molecule has 2 aromatic carbocycles. The fourth-order valence-electron chi connectivity index (χ4n) is 4.04. The largest absolute Gasteiger partial charge is 0.462 e. The number of carbonyl (C=O) groups is 4. The number of imide groups is 1. The molecule has 1 aliphatic heterocycles. The van der Waals surface area contributed by atoms with Gasteiger partial charge in [-0.25, -0.2) is 14.0 Å². The summed E-state index contributed by atoms with van der Waals surface area (Å²) in [6.45, 7) is 2.99. The molecule has 0 saturated carbocycles. The van der Waals surface area contributed by atoms with Crippen molar-refractivity contribution in [3.63, 3.8) is 0 Å². The summed E-state index contributed by atoms with van der Waals surface area (Å²) in [5, 5.41) is 5.57. The van der Waals surface area contributed by atoms with Crippen molar-refractivity contribution in [1.29, 1.82) is 0 Å². The third kappa shape index (κ3) is 4.72. The number of esters is 1. The highest BCUT2D eigenvalue weighted by molar-refractivity contribution is 7.20. The van der Waals surface area contributed by atoms with Gasteiger partial charge in [0, 0.05) is 4.88 Å². The fraction of sp³-hybridized carbons (Fsp3) is 0.231. The maximum atomic E-state index is 13.4. The SMILES string of the molecule is CCOC(=O)c1cc(-c2ccccc2)sc1NC(=O)CN1C(=O)N[C@](CC)(c2ccc(F)cc2)C1=O. The monoisotopic (exact) mass is 509 g/mol. The number of ether oxygens (including phenoxy) is 1. The summed E-state index contributed by atoms with van der Waals surface area (Å²) in [4.78, 5) is 53.0. The minimum absolute atomic E-state index is 0.160. The topological polar surface area (TPSA) is 105 Å². The molecule has 0 bridgehead atoms. The van der Waals surface area contributed by atoms with Gasteiger partial charge in [0.15, 0.2) is 0 Å². The molecule has 1 fully saturated rings. The lowest BCUT2D eigenvalue weighted by Gasteiger charge is -2.25. The van der Waals surface area contributed by atoms with Gasteiger partial charge in [0.25, 0.3) is 5.91 Å². The lowest BCUT2D eigenvalue weighted by atomic mass is 9.87. The van der Waals surface area contributed by atoms with E-state index in [1.807, 2.05) is 30.3 Å². The van der Waals surface area contributed by atoms with Crippen molar-refractivity contribution in [2.45, 2.75) is 25.8 Å². The van der Waals surface area contributed by atoms with Crippen molar-refractivity contribution in [3.8, 4) is 10.4 Å². The van der Waals surface area contributed by atoms with E-state index in [0.29, 0.717) is 5.56 Å². The number of amides is 4. The Balaban J connectivity index is 1.56. The molecule has 0 spiro atoms. The number of thiophene rings is 1. The maximum absolute atomic E-state index is 13.4. The molecule has 10 heteroatoms. The Labute approximate surface area is 211 Å². The second-order valence-corrected chi connectivity index (χ2v) is 9.13. The van der Waals surface area contributed by atoms with E-state index in [-0.39, 0.29) is 23.6 Å². The van der Waals surface area contributed by atoms with Gasteiger partial charge in [-0.05, 0) is 42.7 Å². The lowest BCUT2D eigenvalue weighted by Crippen LogP contribution is -2.44. The molecule has 1 atom stereocenters. The Hall–Kier alpha value is -4.05.